The van der Waals surface area contributed by atoms with E-state index >= 15 is 0 Å². The maximum atomic E-state index is 12.4. The summed E-state index contributed by atoms with van der Waals surface area (Å²) in [4.78, 5) is 20.8. The first-order chi connectivity index (χ1) is 11.7. The molecule has 1 N–H and O–H groups in total. The van der Waals surface area contributed by atoms with Crippen molar-refractivity contribution in [3.63, 3.8) is 0 Å². The summed E-state index contributed by atoms with van der Waals surface area (Å²) in [6, 6.07) is 12.4. The van der Waals surface area contributed by atoms with Crippen molar-refractivity contribution < 1.29 is 9.90 Å². The smallest absolute Gasteiger partial charge is 0.255 e. The number of carbonyl (C=O) groups is 1. The van der Waals surface area contributed by atoms with Crippen LogP contribution in [-0.4, -0.2) is 46.6 Å². The van der Waals surface area contributed by atoms with E-state index in [9.17, 15) is 4.79 Å². The first kappa shape index (κ1) is 16.5. The van der Waals surface area contributed by atoms with Gasteiger partial charge < -0.3 is 14.9 Å². The third-order valence-electron chi connectivity index (χ3n) is 4.49. The van der Waals surface area contributed by atoms with Crippen LogP contribution < -0.4 is 4.90 Å². The number of aliphatic hydroxyl groups is 1. The van der Waals surface area contributed by atoms with E-state index in [0.717, 1.165) is 12.2 Å². The first-order valence-corrected chi connectivity index (χ1v) is 8.39. The van der Waals surface area contributed by atoms with E-state index in [2.05, 4.69) is 35.0 Å². The highest BCUT2D eigenvalue weighted by Crippen LogP contribution is 2.36. The van der Waals surface area contributed by atoms with Crippen LogP contribution in [-0.2, 0) is 6.42 Å². The number of pyridine rings is 1. The second kappa shape index (κ2) is 7.01. The fraction of sp³-hybridized carbons (Fsp3) is 0.368. The number of fused-ring (bicyclic) bond motifs is 1. The van der Waals surface area contributed by atoms with E-state index in [1.54, 1.807) is 11.1 Å². The van der Waals surface area contributed by atoms with Gasteiger partial charge in [0, 0.05) is 31.0 Å². The van der Waals surface area contributed by atoms with Gasteiger partial charge in [-0.3, -0.25) is 4.79 Å². The van der Waals surface area contributed by atoms with Crippen molar-refractivity contribution in [2.45, 2.75) is 26.3 Å². The Balaban J connectivity index is 1.84. The Hall–Kier alpha value is -2.40. The third kappa shape index (κ3) is 2.99. The summed E-state index contributed by atoms with van der Waals surface area (Å²) in [5.74, 6) is 0.759. The van der Waals surface area contributed by atoms with Crippen molar-refractivity contribution in [3.8, 4) is 0 Å². The zero-order valence-corrected chi connectivity index (χ0v) is 14.1. The highest BCUT2D eigenvalue weighted by molar-refractivity contribution is 5.94. The van der Waals surface area contributed by atoms with E-state index in [4.69, 9.17) is 5.11 Å². The van der Waals surface area contributed by atoms with Crippen LogP contribution in [0.2, 0.25) is 0 Å². The minimum atomic E-state index is -0.0968. The van der Waals surface area contributed by atoms with E-state index in [1.165, 1.54) is 11.3 Å². The number of aliphatic hydroxyl groups excluding tert-OH is 1. The molecule has 0 fully saturated rings. The van der Waals surface area contributed by atoms with Gasteiger partial charge in [-0.25, -0.2) is 4.98 Å². The third-order valence-corrected chi connectivity index (χ3v) is 4.49. The normalized spacial score (nSPS) is 16.1. The lowest BCUT2D eigenvalue weighted by Gasteiger charge is -2.24. The van der Waals surface area contributed by atoms with Gasteiger partial charge in [-0.2, -0.15) is 0 Å². The molecule has 1 aromatic heterocycles. The van der Waals surface area contributed by atoms with Crippen LogP contribution in [0.5, 0.6) is 0 Å². The van der Waals surface area contributed by atoms with Crippen molar-refractivity contribution in [3.05, 3.63) is 53.7 Å². The number of carbonyl (C=O) groups excluding carboxylic acids is 1. The van der Waals surface area contributed by atoms with Crippen LogP contribution in [0.25, 0.3) is 0 Å². The quantitative estimate of drug-likeness (QED) is 0.918. The molecule has 3 rings (SSSR count). The van der Waals surface area contributed by atoms with E-state index in [1.807, 2.05) is 25.1 Å². The summed E-state index contributed by atoms with van der Waals surface area (Å²) < 4.78 is 0. The van der Waals surface area contributed by atoms with Gasteiger partial charge in [0.05, 0.1) is 12.2 Å². The second-order valence-electron chi connectivity index (χ2n) is 6.07. The molecule has 2 heterocycles. The Morgan fingerprint density at radius 1 is 1.33 bits per heavy atom. The van der Waals surface area contributed by atoms with Crippen LogP contribution >= 0.6 is 0 Å². The number of benzene rings is 1. The van der Waals surface area contributed by atoms with Gasteiger partial charge in [0.25, 0.3) is 5.91 Å². The van der Waals surface area contributed by atoms with Crippen LogP contribution in [0.1, 0.15) is 29.8 Å². The average Bonchev–Trinajstić information content (AvgIpc) is 2.95. The van der Waals surface area contributed by atoms with Crippen molar-refractivity contribution in [2.24, 2.45) is 0 Å². The number of rotatable bonds is 5. The highest BCUT2D eigenvalue weighted by atomic mass is 16.3. The molecular weight excluding hydrogens is 302 g/mol. The fourth-order valence-electron chi connectivity index (χ4n) is 3.28. The van der Waals surface area contributed by atoms with Gasteiger partial charge >= 0.3 is 0 Å². The number of nitrogens with zero attached hydrogens (tertiary/aromatic N) is 3. The van der Waals surface area contributed by atoms with Crippen LogP contribution in [0.15, 0.2) is 42.6 Å². The predicted molar refractivity (Wildman–Crippen MR) is 94.6 cm³/mol. The van der Waals surface area contributed by atoms with Gasteiger partial charge in [-0.05, 0) is 44.0 Å². The molecule has 1 unspecified atom stereocenters. The lowest BCUT2D eigenvalue weighted by Crippen LogP contribution is -2.33. The molecule has 1 aliphatic heterocycles. The zero-order chi connectivity index (χ0) is 17.1. The number of aromatic nitrogens is 1. The summed E-state index contributed by atoms with van der Waals surface area (Å²) >= 11 is 0. The molecule has 1 amide bonds. The molecular formula is C19H23N3O2. The van der Waals surface area contributed by atoms with Crippen LogP contribution in [0, 0.1) is 0 Å². The number of likely N-dealkylation sites (N-methyl/N-ethyl adjacent to an activating group) is 1. The molecule has 1 atom stereocenters. The maximum absolute atomic E-state index is 12.4. The number of hydrogen-bond donors (Lipinski definition) is 1. The maximum Gasteiger partial charge on any atom is 0.255 e. The summed E-state index contributed by atoms with van der Waals surface area (Å²) in [6.07, 6.45) is 2.63. The zero-order valence-electron chi connectivity index (χ0n) is 14.1. The lowest BCUT2D eigenvalue weighted by atomic mass is 10.1. The van der Waals surface area contributed by atoms with Crippen molar-refractivity contribution in [1.29, 1.82) is 0 Å². The van der Waals surface area contributed by atoms with E-state index < -0.39 is 0 Å². The monoisotopic (exact) mass is 325 g/mol. The summed E-state index contributed by atoms with van der Waals surface area (Å²) in [6.45, 7) is 4.96. The number of amides is 1. The minimum Gasteiger partial charge on any atom is -0.395 e. The molecule has 24 heavy (non-hydrogen) atoms. The Morgan fingerprint density at radius 3 is 2.79 bits per heavy atom. The predicted octanol–water partition coefficient (Wildman–Crippen LogP) is 2.62. The minimum absolute atomic E-state index is 0.0346. The molecule has 0 bridgehead atoms. The standard InChI is InChI=1S/C19H23N3O2/c1-3-21(10-11-23)19(24)16-8-9-18(20-13-16)22-14(2)12-15-6-4-5-7-17(15)22/h4-9,13-14,23H,3,10-12H2,1-2H3. The molecule has 1 aromatic carbocycles. The van der Waals surface area contributed by atoms with Crippen molar-refractivity contribution >= 4 is 17.4 Å². The summed E-state index contributed by atoms with van der Waals surface area (Å²) in [5, 5.41) is 9.06. The van der Waals surface area contributed by atoms with Gasteiger partial charge in [-0.15, -0.1) is 0 Å². The van der Waals surface area contributed by atoms with Gasteiger partial charge in [-0.1, -0.05) is 18.2 Å². The van der Waals surface area contributed by atoms with E-state index in [-0.39, 0.29) is 12.5 Å². The topological polar surface area (TPSA) is 56.7 Å². The van der Waals surface area contributed by atoms with Crippen LogP contribution in [0.4, 0.5) is 11.5 Å². The molecule has 0 radical (unpaired) electrons. The Morgan fingerprint density at radius 2 is 2.12 bits per heavy atom. The highest BCUT2D eigenvalue weighted by Gasteiger charge is 2.27. The largest absolute Gasteiger partial charge is 0.395 e. The van der Waals surface area contributed by atoms with Gasteiger partial charge in [0.2, 0.25) is 0 Å². The number of anilines is 2. The number of hydrogen-bond acceptors (Lipinski definition) is 4. The average molecular weight is 325 g/mol. The molecule has 5 heteroatoms. The Labute approximate surface area is 142 Å². The molecule has 1 aliphatic rings. The Kier molecular flexibility index (Phi) is 4.81. The molecule has 126 valence electrons. The first-order valence-electron chi connectivity index (χ1n) is 8.39. The van der Waals surface area contributed by atoms with Crippen LogP contribution in [0.3, 0.4) is 0 Å². The van der Waals surface area contributed by atoms with Gasteiger partial charge in [0.15, 0.2) is 0 Å². The summed E-state index contributed by atoms with van der Waals surface area (Å²) in [7, 11) is 0. The molecule has 5 nitrogen and oxygen atoms in total. The van der Waals surface area contributed by atoms with Gasteiger partial charge in [0.1, 0.15) is 5.82 Å². The molecule has 0 saturated carbocycles. The van der Waals surface area contributed by atoms with E-state index in [0.29, 0.717) is 24.7 Å². The lowest BCUT2D eigenvalue weighted by molar-refractivity contribution is 0.0731. The summed E-state index contributed by atoms with van der Waals surface area (Å²) in [5.41, 5.74) is 3.06. The molecule has 2 aromatic rings. The van der Waals surface area contributed by atoms with Crippen molar-refractivity contribution in [2.75, 3.05) is 24.6 Å². The molecule has 0 saturated heterocycles. The number of para-hydroxylation sites is 1. The molecule has 0 aliphatic carbocycles. The Bertz CT molecular complexity index is 715. The second-order valence-corrected chi connectivity index (χ2v) is 6.07. The molecule has 0 spiro atoms. The fourth-order valence-corrected chi connectivity index (χ4v) is 3.28. The van der Waals surface area contributed by atoms with Crippen molar-refractivity contribution in [1.82, 2.24) is 9.88 Å². The SMILES string of the molecule is CCN(CCO)C(=O)c1ccc(N2c3ccccc3CC2C)nc1.